The molecule has 0 aliphatic heterocycles. The van der Waals surface area contributed by atoms with Gasteiger partial charge in [0.1, 0.15) is 6.10 Å². The van der Waals surface area contributed by atoms with Gasteiger partial charge >= 0.3 is 0 Å². The molecule has 3 atom stereocenters. The lowest BCUT2D eigenvalue weighted by Gasteiger charge is -2.23. The van der Waals surface area contributed by atoms with Crippen LogP contribution in [0.3, 0.4) is 0 Å². The first-order chi connectivity index (χ1) is 9.36. The van der Waals surface area contributed by atoms with E-state index in [1.54, 1.807) is 0 Å². The Morgan fingerprint density at radius 3 is 2.30 bits per heavy atom. The van der Waals surface area contributed by atoms with Gasteiger partial charge in [-0.2, -0.15) is 0 Å². The highest BCUT2D eigenvalue weighted by atomic mass is 35.5. The third-order valence-corrected chi connectivity index (χ3v) is 3.57. The number of rotatable bonds is 6. The highest BCUT2D eigenvalue weighted by Crippen LogP contribution is 2.19. The Kier molecular flexibility index (Phi) is 6.87. The van der Waals surface area contributed by atoms with Crippen LogP contribution in [0.2, 0.25) is 0 Å². The summed E-state index contributed by atoms with van der Waals surface area (Å²) in [5.74, 6) is -0.747. The Balaban J connectivity index is 2.82. The molecule has 1 aromatic rings. The van der Waals surface area contributed by atoms with Crippen molar-refractivity contribution in [3.8, 4) is 0 Å². The van der Waals surface area contributed by atoms with Crippen LogP contribution in [0.15, 0.2) is 29.2 Å². The normalized spacial score (nSPS) is 15.7. The number of nitrogens with one attached hydrogen (secondary N) is 1. The van der Waals surface area contributed by atoms with Gasteiger partial charge in [0.15, 0.2) is 4.84 Å². The average molecular weight is 341 g/mol. The molecule has 0 saturated carbocycles. The molecule has 1 aromatic carbocycles. The van der Waals surface area contributed by atoms with Gasteiger partial charge in [-0.25, -0.2) is 0 Å². The van der Waals surface area contributed by atoms with Gasteiger partial charge in [-0.1, -0.05) is 35.3 Å². The summed E-state index contributed by atoms with van der Waals surface area (Å²) in [6.07, 6.45) is -1.23. The summed E-state index contributed by atoms with van der Waals surface area (Å²) < 4.78 is 21.4. The zero-order chi connectivity index (χ0) is 15.3. The van der Waals surface area contributed by atoms with Gasteiger partial charge in [-0.05, 0) is 28.8 Å². The monoisotopic (exact) mass is 340 g/mol. The average Bonchev–Trinajstić information content (AvgIpc) is 2.43. The molecule has 112 valence electrons. The molecule has 0 aromatic heterocycles. The van der Waals surface area contributed by atoms with Crippen LogP contribution in [-0.4, -0.2) is 42.4 Å². The summed E-state index contributed by atoms with van der Waals surface area (Å²) >= 11 is 8.35. The molecule has 0 radical (unpaired) electrons. The van der Waals surface area contributed by atoms with Crippen LogP contribution in [-0.2, 0) is 15.9 Å². The van der Waals surface area contributed by atoms with Crippen LogP contribution in [0.5, 0.6) is 0 Å². The van der Waals surface area contributed by atoms with Gasteiger partial charge in [0.25, 0.3) is 5.91 Å². The van der Waals surface area contributed by atoms with Crippen LogP contribution in [0.25, 0.3) is 0 Å². The fraction of sp³-hybridized carbons (Fsp3) is 0.364. The maximum atomic E-state index is 11.3. The second-order valence-corrected chi connectivity index (χ2v) is 5.88. The summed E-state index contributed by atoms with van der Waals surface area (Å²) in [5, 5.41) is 21.5. The van der Waals surface area contributed by atoms with Crippen LogP contribution >= 0.6 is 23.2 Å². The number of carbonyl (C=O) groups excluding carboxylic acids is 1. The van der Waals surface area contributed by atoms with E-state index in [1.165, 1.54) is 24.3 Å². The minimum atomic E-state index is -2.36. The minimum Gasteiger partial charge on any atom is -0.768 e. The van der Waals surface area contributed by atoms with E-state index in [1.807, 2.05) is 0 Å². The lowest BCUT2D eigenvalue weighted by molar-refractivity contribution is -0.121. The molecule has 6 nitrogen and oxygen atoms in total. The van der Waals surface area contributed by atoms with Crippen LogP contribution in [0.1, 0.15) is 11.7 Å². The summed E-state index contributed by atoms with van der Waals surface area (Å²) in [7, 11) is 0. The van der Waals surface area contributed by atoms with Crippen molar-refractivity contribution in [3.05, 3.63) is 29.8 Å². The van der Waals surface area contributed by atoms with E-state index < -0.39 is 40.6 Å². The van der Waals surface area contributed by atoms with E-state index in [2.05, 4.69) is 5.32 Å². The summed E-state index contributed by atoms with van der Waals surface area (Å²) in [6.45, 7) is -0.539. The highest BCUT2D eigenvalue weighted by molar-refractivity contribution is 7.79. The predicted molar refractivity (Wildman–Crippen MR) is 73.1 cm³/mol. The molecular weight excluding hydrogens is 329 g/mol. The fourth-order valence-electron chi connectivity index (χ4n) is 1.48. The number of hydrogen-bond acceptors (Lipinski definition) is 5. The van der Waals surface area contributed by atoms with Crippen molar-refractivity contribution in [2.75, 3.05) is 6.61 Å². The quantitative estimate of drug-likeness (QED) is 0.507. The standard InChI is InChI=1S/C11H13Cl2NO5S/c12-10(13)11(17)14-8(5-15)9(16)6-1-3-7(4-2-6)20(18)19/h1-4,8-10,15-16H,5H2,(H,14,17)(H,18,19)/p-1. The SMILES string of the molecule is O=C(NC(CO)C(O)c1ccc(S(=O)[O-])cc1)C(Cl)Cl. The minimum absolute atomic E-state index is 0.0621. The Labute approximate surface area is 128 Å². The third kappa shape index (κ3) is 4.69. The van der Waals surface area contributed by atoms with Gasteiger partial charge in [0.05, 0.1) is 12.6 Å². The number of alkyl halides is 2. The van der Waals surface area contributed by atoms with Crippen molar-refractivity contribution in [2.24, 2.45) is 0 Å². The Bertz CT molecular complexity index is 482. The van der Waals surface area contributed by atoms with Crippen molar-refractivity contribution in [2.45, 2.75) is 21.9 Å². The number of halogens is 2. The van der Waals surface area contributed by atoms with Crippen LogP contribution in [0, 0.1) is 0 Å². The maximum Gasteiger partial charge on any atom is 0.253 e. The Morgan fingerprint density at radius 1 is 1.35 bits per heavy atom. The van der Waals surface area contributed by atoms with E-state index >= 15 is 0 Å². The second-order valence-electron chi connectivity index (χ2n) is 3.85. The molecule has 0 bridgehead atoms. The first kappa shape index (κ1) is 17.4. The maximum absolute atomic E-state index is 11.3. The van der Waals surface area contributed by atoms with Crippen LogP contribution in [0.4, 0.5) is 0 Å². The van der Waals surface area contributed by atoms with Gasteiger partial charge < -0.3 is 20.1 Å². The predicted octanol–water partition coefficient (Wildman–Crippen LogP) is 0.239. The van der Waals surface area contributed by atoms with E-state index in [0.29, 0.717) is 5.56 Å². The zero-order valence-corrected chi connectivity index (χ0v) is 12.4. The molecule has 0 fully saturated rings. The number of hydrogen-bond donors (Lipinski definition) is 3. The summed E-state index contributed by atoms with van der Waals surface area (Å²) in [5.41, 5.74) is 0.333. The number of aliphatic hydroxyl groups is 2. The molecule has 9 heteroatoms. The van der Waals surface area contributed by atoms with Crippen molar-refractivity contribution in [1.29, 1.82) is 0 Å². The lowest BCUT2D eigenvalue weighted by Crippen LogP contribution is -2.44. The lowest BCUT2D eigenvalue weighted by atomic mass is 10.0. The van der Waals surface area contributed by atoms with E-state index in [9.17, 15) is 23.8 Å². The molecule has 3 unspecified atom stereocenters. The Morgan fingerprint density at radius 2 is 1.90 bits per heavy atom. The fourth-order valence-corrected chi connectivity index (χ4v) is 1.96. The van der Waals surface area contributed by atoms with E-state index in [0.717, 1.165) is 0 Å². The van der Waals surface area contributed by atoms with Gasteiger partial charge in [0.2, 0.25) is 0 Å². The van der Waals surface area contributed by atoms with E-state index in [-0.39, 0.29) is 4.90 Å². The van der Waals surface area contributed by atoms with Gasteiger partial charge in [-0.3, -0.25) is 9.00 Å². The zero-order valence-electron chi connectivity index (χ0n) is 10.0. The molecule has 0 saturated heterocycles. The largest absolute Gasteiger partial charge is 0.768 e. The number of carbonyl (C=O) groups is 1. The molecular formula is C11H12Cl2NO5S-. The van der Waals surface area contributed by atoms with Gasteiger partial charge in [0, 0.05) is 4.90 Å². The smallest absolute Gasteiger partial charge is 0.253 e. The molecule has 0 aliphatic carbocycles. The van der Waals surface area contributed by atoms with Crippen molar-refractivity contribution >= 4 is 40.2 Å². The molecule has 1 amide bonds. The molecule has 3 N–H and O–H groups in total. The van der Waals surface area contributed by atoms with Crippen LogP contribution < -0.4 is 5.32 Å². The second kappa shape index (κ2) is 7.92. The highest BCUT2D eigenvalue weighted by Gasteiger charge is 2.24. The molecule has 20 heavy (non-hydrogen) atoms. The van der Waals surface area contributed by atoms with Gasteiger partial charge in [-0.15, -0.1) is 0 Å². The molecule has 0 heterocycles. The number of aliphatic hydroxyl groups excluding tert-OH is 2. The first-order valence-corrected chi connectivity index (χ1v) is 7.38. The van der Waals surface area contributed by atoms with Crippen molar-refractivity contribution in [1.82, 2.24) is 5.32 Å². The molecule has 1 rings (SSSR count). The van der Waals surface area contributed by atoms with E-state index in [4.69, 9.17) is 23.2 Å². The first-order valence-electron chi connectivity index (χ1n) is 5.43. The van der Waals surface area contributed by atoms with Crippen molar-refractivity contribution < 1.29 is 23.8 Å². The third-order valence-electron chi connectivity index (χ3n) is 2.52. The van der Waals surface area contributed by atoms with Crippen molar-refractivity contribution in [3.63, 3.8) is 0 Å². The molecule has 0 spiro atoms. The number of benzene rings is 1. The summed E-state index contributed by atoms with van der Waals surface area (Å²) in [4.78, 5) is 10.1. The summed E-state index contributed by atoms with van der Waals surface area (Å²) in [6, 6.07) is 4.34. The topological polar surface area (TPSA) is 110 Å². The molecule has 0 aliphatic rings. The Hall–Kier alpha value is -0.700. The number of amides is 1.